The molecule has 0 amide bonds. The Morgan fingerprint density at radius 3 is 3.00 bits per heavy atom. The highest BCUT2D eigenvalue weighted by atomic mass is 32.1. The summed E-state index contributed by atoms with van der Waals surface area (Å²) < 4.78 is 0. The van der Waals surface area contributed by atoms with Crippen molar-refractivity contribution in [1.29, 1.82) is 0 Å². The van der Waals surface area contributed by atoms with Crippen molar-refractivity contribution in [2.45, 2.75) is 45.2 Å². The number of hydrogen-bond donors (Lipinski definition) is 2. The molecule has 1 unspecified atom stereocenters. The van der Waals surface area contributed by atoms with Crippen LogP contribution in [0.15, 0.2) is 0 Å². The molecule has 0 aromatic carbocycles. The average Bonchev–Trinajstić information content (AvgIpc) is 2.68. The number of aryl methyl sites for hydroxylation is 2. The van der Waals surface area contributed by atoms with Crippen LogP contribution in [-0.2, 0) is 19.4 Å². The zero-order chi connectivity index (χ0) is 10.7. The van der Waals surface area contributed by atoms with Crippen molar-refractivity contribution in [3.8, 4) is 0 Å². The molecule has 2 rings (SSSR count). The summed E-state index contributed by atoms with van der Waals surface area (Å²) in [5.74, 6) is 0. The summed E-state index contributed by atoms with van der Waals surface area (Å²) in [6.45, 7) is 2.96. The quantitative estimate of drug-likeness (QED) is 0.817. The fourth-order valence-electron chi connectivity index (χ4n) is 1.81. The molecular weight excluding hydrogens is 208 g/mol. The smallest absolute Gasteiger partial charge is 0.107 e. The average molecular weight is 226 g/mol. The Bertz CT molecular complexity index is 301. The topological polar surface area (TPSA) is 45.1 Å². The summed E-state index contributed by atoms with van der Waals surface area (Å²) in [6.07, 6.45) is 4.97. The minimum absolute atomic E-state index is 0.158. The van der Waals surface area contributed by atoms with Crippen molar-refractivity contribution < 1.29 is 5.11 Å². The molecule has 2 N–H and O–H groups in total. The van der Waals surface area contributed by atoms with Crippen LogP contribution in [0.5, 0.6) is 0 Å². The Hall–Kier alpha value is -0.450. The van der Waals surface area contributed by atoms with Crippen LogP contribution in [0.2, 0.25) is 0 Å². The van der Waals surface area contributed by atoms with Crippen molar-refractivity contribution in [1.82, 2.24) is 10.3 Å². The maximum atomic E-state index is 8.90. The molecule has 0 aliphatic heterocycles. The molecule has 1 heterocycles. The zero-order valence-corrected chi connectivity index (χ0v) is 9.94. The first-order chi connectivity index (χ1) is 7.29. The number of rotatable bonds is 4. The molecule has 0 saturated heterocycles. The molecule has 1 aliphatic carbocycles. The first kappa shape index (κ1) is 11.0. The third-order valence-electron chi connectivity index (χ3n) is 2.77. The maximum absolute atomic E-state index is 8.90. The molecule has 84 valence electrons. The van der Waals surface area contributed by atoms with Gasteiger partial charge in [0, 0.05) is 17.5 Å². The second-order valence-electron chi connectivity index (χ2n) is 4.15. The fraction of sp³-hybridized carbons (Fsp3) is 0.727. The Kier molecular flexibility index (Phi) is 3.72. The standard InChI is InChI=1S/C11H18N2OS/c1-8(7-14)12-6-11-13-9-4-2-3-5-10(9)15-11/h8,12,14H,2-7H2,1H3. The lowest BCUT2D eigenvalue weighted by molar-refractivity contribution is 0.251. The largest absolute Gasteiger partial charge is 0.395 e. The van der Waals surface area contributed by atoms with Gasteiger partial charge in [-0.2, -0.15) is 0 Å². The van der Waals surface area contributed by atoms with E-state index in [-0.39, 0.29) is 12.6 Å². The lowest BCUT2D eigenvalue weighted by Crippen LogP contribution is -2.28. The molecule has 0 spiro atoms. The van der Waals surface area contributed by atoms with Gasteiger partial charge < -0.3 is 10.4 Å². The summed E-state index contributed by atoms with van der Waals surface area (Å²) >= 11 is 1.83. The van der Waals surface area contributed by atoms with Crippen LogP contribution in [-0.4, -0.2) is 22.7 Å². The van der Waals surface area contributed by atoms with E-state index in [1.807, 2.05) is 18.3 Å². The van der Waals surface area contributed by atoms with Crippen LogP contribution in [0.3, 0.4) is 0 Å². The minimum Gasteiger partial charge on any atom is -0.395 e. The van der Waals surface area contributed by atoms with Crippen LogP contribution in [0.1, 0.15) is 35.3 Å². The van der Waals surface area contributed by atoms with Gasteiger partial charge in [0.1, 0.15) is 5.01 Å². The van der Waals surface area contributed by atoms with E-state index in [2.05, 4.69) is 10.3 Å². The van der Waals surface area contributed by atoms with Gasteiger partial charge in [-0.3, -0.25) is 0 Å². The number of aliphatic hydroxyl groups excluding tert-OH is 1. The summed E-state index contributed by atoms with van der Waals surface area (Å²) in [7, 11) is 0. The van der Waals surface area contributed by atoms with Crippen molar-refractivity contribution in [3.63, 3.8) is 0 Å². The number of fused-ring (bicyclic) bond motifs is 1. The fourth-order valence-corrected chi connectivity index (χ4v) is 2.91. The van der Waals surface area contributed by atoms with Crippen LogP contribution in [0, 0.1) is 0 Å². The Labute approximate surface area is 94.5 Å². The van der Waals surface area contributed by atoms with E-state index >= 15 is 0 Å². The van der Waals surface area contributed by atoms with Gasteiger partial charge in [-0.15, -0.1) is 11.3 Å². The summed E-state index contributed by atoms with van der Waals surface area (Å²) in [4.78, 5) is 6.11. The zero-order valence-electron chi connectivity index (χ0n) is 9.12. The lowest BCUT2D eigenvalue weighted by atomic mass is 10.0. The molecule has 0 fully saturated rings. The summed E-state index contributed by atoms with van der Waals surface area (Å²) in [6, 6.07) is 0.158. The number of thiazole rings is 1. The number of aromatic nitrogens is 1. The summed E-state index contributed by atoms with van der Waals surface area (Å²) in [5.41, 5.74) is 1.32. The van der Waals surface area contributed by atoms with Gasteiger partial charge in [-0.05, 0) is 32.6 Å². The van der Waals surface area contributed by atoms with Crippen LogP contribution < -0.4 is 5.32 Å². The highest BCUT2D eigenvalue weighted by Crippen LogP contribution is 2.26. The first-order valence-electron chi connectivity index (χ1n) is 5.61. The predicted molar refractivity (Wildman–Crippen MR) is 62.1 cm³/mol. The first-order valence-corrected chi connectivity index (χ1v) is 6.43. The molecule has 0 bridgehead atoms. The molecular formula is C11H18N2OS. The van der Waals surface area contributed by atoms with Gasteiger partial charge >= 0.3 is 0 Å². The molecule has 3 nitrogen and oxygen atoms in total. The molecule has 1 aromatic heterocycles. The monoisotopic (exact) mass is 226 g/mol. The number of aliphatic hydroxyl groups is 1. The van der Waals surface area contributed by atoms with Gasteiger partial charge in [0.05, 0.1) is 12.3 Å². The van der Waals surface area contributed by atoms with Gasteiger partial charge in [0.25, 0.3) is 0 Å². The highest BCUT2D eigenvalue weighted by Gasteiger charge is 2.14. The number of nitrogens with one attached hydrogen (secondary N) is 1. The molecule has 1 aliphatic rings. The van der Waals surface area contributed by atoms with E-state index in [1.165, 1.54) is 34.8 Å². The van der Waals surface area contributed by atoms with Crippen LogP contribution in [0.4, 0.5) is 0 Å². The highest BCUT2D eigenvalue weighted by molar-refractivity contribution is 7.11. The Morgan fingerprint density at radius 2 is 2.27 bits per heavy atom. The van der Waals surface area contributed by atoms with Crippen molar-refractivity contribution >= 4 is 11.3 Å². The van der Waals surface area contributed by atoms with Gasteiger partial charge in [0.15, 0.2) is 0 Å². The number of nitrogens with zero attached hydrogens (tertiary/aromatic N) is 1. The predicted octanol–water partition coefficient (Wildman–Crippen LogP) is 1.49. The molecule has 15 heavy (non-hydrogen) atoms. The molecule has 1 aromatic rings. The van der Waals surface area contributed by atoms with E-state index in [1.54, 1.807) is 0 Å². The Morgan fingerprint density at radius 1 is 1.47 bits per heavy atom. The maximum Gasteiger partial charge on any atom is 0.107 e. The SMILES string of the molecule is CC(CO)NCc1nc2c(s1)CCCC2. The normalized spacial score (nSPS) is 17.5. The lowest BCUT2D eigenvalue weighted by Gasteiger charge is -2.07. The van der Waals surface area contributed by atoms with Crippen molar-refractivity contribution in [3.05, 3.63) is 15.6 Å². The minimum atomic E-state index is 0.158. The molecule has 1 atom stereocenters. The van der Waals surface area contributed by atoms with Crippen molar-refractivity contribution in [2.24, 2.45) is 0 Å². The van der Waals surface area contributed by atoms with Gasteiger partial charge in [0.2, 0.25) is 0 Å². The van der Waals surface area contributed by atoms with E-state index < -0.39 is 0 Å². The van der Waals surface area contributed by atoms with E-state index in [0.717, 1.165) is 13.0 Å². The van der Waals surface area contributed by atoms with E-state index in [9.17, 15) is 0 Å². The van der Waals surface area contributed by atoms with Gasteiger partial charge in [-0.25, -0.2) is 4.98 Å². The molecule has 0 radical (unpaired) electrons. The van der Waals surface area contributed by atoms with Crippen molar-refractivity contribution in [2.75, 3.05) is 6.61 Å². The van der Waals surface area contributed by atoms with Gasteiger partial charge in [-0.1, -0.05) is 0 Å². The molecule has 0 saturated carbocycles. The third-order valence-corrected chi connectivity index (χ3v) is 3.92. The van der Waals surface area contributed by atoms with Crippen LogP contribution >= 0.6 is 11.3 Å². The third kappa shape index (κ3) is 2.77. The van der Waals surface area contributed by atoms with E-state index in [0.29, 0.717) is 0 Å². The summed E-state index contributed by atoms with van der Waals surface area (Å²) in [5, 5.41) is 13.3. The van der Waals surface area contributed by atoms with Crippen LogP contribution in [0.25, 0.3) is 0 Å². The number of hydrogen-bond acceptors (Lipinski definition) is 4. The second-order valence-corrected chi connectivity index (χ2v) is 5.32. The van der Waals surface area contributed by atoms with E-state index in [4.69, 9.17) is 5.11 Å². The molecule has 4 heteroatoms. The Balaban J connectivity index is 1.94. The second kappa shape index (κ2) is 5.05.